The number of likely N-dealkylation sites (N-methyl/N-ethyl adjacent to an activating group) is 1. The largest absolute Gasteiger partial charge is 0.433 e. The summed E-state index contributed by atoms with van der Waals surface area (Å²) in [4.78, 5) is 17.9. The van der Waals surface area contributed by atoms with Crippen LogP contribution in [0.2, 0.25) is 0 Å². The van der Waals surface area contributed by atoms with Crippen LogP contribution in [0.3, 0.4) is 0 Å². The maximum atomic E-state index is 16.5. The van der Waals surface area contributed by atoms with Crippen molar-refractivity contribution in [3.63, 3.8) is 0 Å². The Kier molecular flexibility index (Phi) is 8.62. The minimum atomic E-state index is -4.97. The third-order valence-corrected chi connectivity index (χ3v) is 14.7. The van der Waals surface area contributed by atoms with Crippen LogP contribution in [0.5, 0.6) is 5.75 Å². The van der Waals surface area contributed by atoms with E-state index < -0.39 is 54.4 Å². The number of benzene rings is 2. The molecule has 2 atom stereocenters. The quantitative estimate of drug-likeness (QED) is 0.205. The van der Waals surface area contributed by atoms with Gasteiger partial charge in [-0.3, -0.25) is 4.72 Å². The van der Waals surface area contributed by atoms with Crippen LogP contribution in [0, 0.1) is 17.0 Å². The fraction of sp³-hybridized carbons (Fsp3) is 0.424. The highest BCUT2D eigenvalue weighted by molar-refractivity contribution is 7.93. The molecule has 4 aromatic rings. The van der Waals surface area contributed by atoms with E-state index in [4.69, 9.17) is 9.97 Å². The van der Waals surface area contributed by atoms with Crippen molar-refractivity contribution < 1.29 is 39.1 Å². The van der Waals surface area contributed by atoms with E-state index in [2.05, 4.69) is 31.9 Å². The smallest absolute Gasteiger partial charge is 0.387 e. The van der Waals surface area contributed by atoms with Crippen molar-refractivity contribution in [2.45, 2.75) is 55.3 Å². The van der Waals surface area contributed by atoms with Crippen LogP contribution in [-0.4, -0.2) is 93.1 Å². The molecule has 3 saturated heterocycles. The van der Waals surface area contributed by atoms with Crippen molar-refractivity contribution in [3.8, 4) is 27.6 Å². The molecule has 276 valence electrons. The maximum absolute atomic E-state index is 16.5. The zero-order chi connectivity index (χ0) is 36.6. The van der Waals surface area contributed by atoms with E-state index in [9.17, 15) is 30.0 Å². The van der Waals surface area contributed by atoms with Gasteiger partial charge < -0.3 is 19.9 Å². The van der Waals surface area contributed by atoms with Gasteiger partial charge in [-0.15, -0.1) is 0 Å². The third-order valence-electron chi connectivity index (χ3n) is 10.0. The number of likely N-dealkylation sites (tertiary alicyclic amines) is 1. The Labute approximate surface area is 301 Å². The highest BCUT2D eigenvalue weighted by Crippen LogP contribution is 2.51. The number of anilines is 3. The molecule has 4 aliphatic rings. The van der Waals surface area contributed by atoms with Gasteiger partial charge in [-0.05, 0) is 63.1 Å². The number of aromatic nitrogens is 3. The van der Waals surface area contributed by atoms with Crippen LogP contribution >= 0.6 is 11.3 Å². The number of nitrogens with one attached hydrogen (secondary N) is 2. The number of fused-ring (bicyclic) bond motifs is 2. The second-order valence-corrected chi connectivity index (χ2v) is 18.6. The van der Waals surface area contributed by atoms with E-state index in [-0.39, 0.29) is 46.3 Å². The minimum Gasteiger partial charge on any atom is -0.433 e. The lowest BCUT2D eigenvalue weighted by molar-refractivity contribution is -0.0520. The zero-order valence-corrected chi connectivity index (χ0v) is 30.0. The predicted molar refractivity (Wildman–Crippen MR) is 187 cm³/mol. The molecule has 4 fully saturated rings. The van der Waals surface area contributed by atoms with Crippen molar-refractivity contribution in [3.05, 3.63) is 60.3 Å². The van der Waals surface area contributed by atoms with Gasteiger partial charge >= 0.3 is 6.61 Å². The summed E-state index contributed by atoms with van der Waals surface area (Å²) in [6.07, 6.45) is 4.84. The molecular formula is C33H33F4N7O5S3. The molecule has 1 spiro atoms. The first kappa shape index (κ1) is 35.0. The number of piperazine rings is 1. The predicted octanol–water partition coefficient (Wildman–Crippen LogP) is 5.22. The number of halogens is 4. The Balaban J connectivity index is 1.15. The Morgan fingerprint density at radius 2 is 1.73 bits per heavy atom. The zero-order valence-electron chi connectivity index (χ0n) is 27.6. The van der Waals surface area contributed by atoms with Crippen LogP contribution in [0.4, 0.5) is 34.3 Å². The molecule has 0 amide bonds. The first-order valence-electron chi connectivity index (χ1n) is 16.5. The van der Waals surface area contributed by atoms with Gasteiger partial charge in [-0.25, -0.2) is 40.6 Å². The highest BCUT2D eigenvalue weighted by Gasteiger charge is 2.56. The van der Waals surface area contributed by atoms with E-state index in [0.717, 1.165) is 50.2 Å². The summed E-state index contributed by atoms with van der Waals surface area (Å²) in [5.74, 6) is -2.64. The number of ether oxygens (including phenoxy) is 1. The summed E-state index contributed by atoms with van der Waals surface area (Å²) in [6, 6.07) is 8.64. The Bertz CT molecular complexity index is 2240. The molecule has 1 saturated carbocycles. The fourth-order valence-electron chi connectivity index (χ4n) is 8.08. The minimum absolute atomic E-state index is 0.00795. The molecule has 8 rings (SSSR count). The summed E-state index contributed by atoms with van der Waals surface area (Å²) in [7, 11) is -5.87. The lowest BCUT2D eigenvalue weighted by Gasteiger charge is -2.53. The highest BCUT2D eigenvalue weighted by atomic mass is 32.2. The summed E-state index contributed by atoms with van der Waals surface area (Å²) in [6.45, 7) is -1.79. The third kappa shape index (κ3) is 6.45. The van der Waals surface area contributed by atoms with E-state index in [1.807, 2.05) is 4.72 Å². The second-order valence-electron chi connectivity index (χ2n) is 14.0. The normalized spacial score (nSPS) is 22.3. The van der Waals surface area contributed by atoms with Crippen molar-refractivity contribution in [2.75, 3.05) is 46.6 Å². The molecule has 3 aliphatic heterocycles. The van der Waals surface area contributed by atoms with Crippen LogP contribution in [0.15, 0.2) is 53.6 Å². The SMILES string of the molecule is CN1CC2CCC(C1)N2c1nc(-c2cccc(NS(=O)(=O)c3c(F)cccc3OC(F)F)c2F)c(-c2ccnc(NC3CC4(C3)CS(=O)(=O)C4)n2)s1. The molecule has 2 aromatic heterocycles. The molecule has 2 N–H and O–H groups in total. The van der Waals surface area contributed by atoms with Crippen molar-refractivity contribution in [1.29, 1.82) is 0 Å². The number of rotatable bonds is 10. The molecular weight excluding hydrogens is 747 g/mol. The molecule has 12 nitrogen and oxygen atoms in total. The number of nitrogens with zero attached hydrogens (tertiary/aromatic N) is 5. The van der Waals surface area contributed by atoms with Crippen molar-refractivity contribution in [2.24, 2.45) is 5.41 Å². The summed E-state index contributed by atoms with van der Waals surface area (Å²) in [5, 5.41) is 3.94. The topological polar surface area (TPSA) is 147 Å². The van der Waals surface area contributed by atoms with Crippen LogP contribution in [0.1, 0.15) is 25.7 Å². The lowest BCUT2D eigenvalue weighted by atomic mass is 9.67. The van der Waals surface area contributed by atoms with Gasteiger partial charge in [0, 0.05) is 48.4 Å². The Hall–Kier alpha value is -4.07. The molecule has 0 radical (unpaired) electrons. The maximum Gasteiger partial charge on any atom is 0.387 e. The molecule has 2 unspecified atom stereocenters. The van der Waals surface area contributed by atoms with Gasteiger partial charge in [0.25, 0.3) is 10.0 Å². The van der Waals surface area contributed by atoms with Gasteiger partial charge in [0.15, 0.2) is 25.7 Å². The van der Waals surface area contributed by atoms with E-state index in [0.29, 0.717) is 34.5 Å². The lowest BCUT2D eigenvalue weighted by Crippen LogP contribution is -2.60. The first-order chi connectivity index (χ1) is 24.7. The average Bonchev–Trinajstić information content (AvgIpc) is 3.58. The molecule has 1 aliphatic carbocycles. The summed E-state index contributed by atoms with van der Waals surface area (Å²) < 4.78 is 114. The van der Waals surface area contributed by atoms with Crippen LogP contribution in [0.25, 0.3) is 21.8 Å². The van der Waals surface area contributed by atoms with E-state index in [1.165, 1.54) is 23.5 Å². The average molecular weight is 780 g/mol. The molecule has 2 bridgehead atoms. The molecule has 2 aromatic carbocycles. The second kappa shape index (κ2) is 12.8. The number of hydrogen-bond donors (Lipinski definition) is 2. The fourth-order valence-corrected chi connectivity index (χ4v) is 12.8. The Morgan fingerprint density at radius 1 is 1.02 bits per heavy atom. The van der Waals surface area contributed by atoms with Gasteiger partial charge in [0.1, 0.15) is 11.6 Å². The number of thiazole rings is 1. The molecule has 52 heavy (non-hydrogen) atoms. The van der Waals surface area contributed by atoms with Crippen LogP contribution in [-0.2, 0) is 19.9 Å². The van der Waals surface area contributed by atoms with Crippen molar-refractivity contribution >= 4 is 48.0 Å². The van der Waals surface area contributed by atoms with Crippen molar-refractivity contribution in [1.82, 2.24) is 19.9 Å². The summed E-state index contributed by atoms with van der Waals surface area (Å²) in [5.41, 5.74) is -0.202. The Morgan fingerprint density at radius 3 is 2.42 bits per heavy atom. The molecule has 5 heterocycles. The molecule has 19 heteroatoms. The standard InChI is InChI=1S/C33H33F4N7O5S3/c1-43-14-19-8-9-20(15-43)44(19)32-41-27(28(50-32)24-10-11-38-31(40-24)39-18-12-33(13-18)16-51(45,46)17-33)21-4-2-6-23(26(21)35)42-52(47,48)29-22(34)5-3-7-25(29)49-30(36)37/h2-7,10-11,18-20,30,42H,8-9,12-17H2,1H3,(H,38,39,40). The number of alkyl halides is 2. The van der Waals surface area contributed by atoms with E-state index in [1.54, 1.807) is 12.3 Å². The first-order valence-corrected chi connectivity index (χ1v) is 20.6. The van der Waals surface area contributed by atoms with Gasteiger partial charge in [0.2, 0.25) is 5.95 Å². The van der Waals surface area contributed by atoms with E-state index >= 15 is 4.39 Å². The number of sulfonamides is 1. The van der Waals surface area contributed by atoms with Gasteiger partial charge in [-0.2, -0.15) is 8.78 Å². The van der Waals surface area contributed by atoms with Gasteiger partial charge in [0.05, 0.1) is 33.5 Å². The monoisotopic (exact) mass is 779 g/mol. The van der Waals surface area contributed by atoms with Crippen LogP contribution < -0.4 is 19.7 Å². The number of sulfone groups is 1. The summed E-state index contributed by atoms with van der Waals surface area (Å²) >= 11 is 1.33. The van der Waals surface area contributed by atoms with Gasteiger partial charge in [-0.1, -0.05) is 23.5 Å². The number of hydrogen-bond acceptors (Lipinski definition) is 12.